The highest BCUT2D eigenvalue weighted by molar-refractivity contribution is 14.1. The molecule has 214 valence electrons. The lowest BCUT2D eigenvalue weighted by Crippen LogP contribution is -2.38. The second-order valence-electron chi connectivity index (χ2n) is 10.5. The zero-order chi connectivity index (χ0) is 29.5. The zero-order valence-electron chi connectivity index (χ0n) is 23.2. The first-order chi connectivity index (χ1) is 21.0. The molecule has 4 aromatic carbocycles. The van der Waals surface area contributed by atoms with Crippen LogP contribution in [0.2, 0.25) is 0 Å². The number of aromatic nitrogens is 1. The lowest BCUT2D eigenvalue weighted by atomic mass is 9.83. The molecule has 0 spiro atoms. The normalized spacial score (nSPS) is 15.8. The first kappa shape index (κ1) is 28.3. The molecule has 5 nitrogen and oxygen atoms in total. The third-order valence-electron chi connectivity index (χ3n) is 7.83. The summed E-state index contributed by atoms with van der Waals surface area (Å²) >= 11 is 7.27. The monoisotopic (exact) mass is 760 g/mol. The lowest BCUT2D eigenvalue weighted by molar-refractivity contribution is 0.282. The first-order valence-electron chi connectivity index (χ1n) is 13.9. The Hall–Kier alpha value is -3.47. The highest BCUT2D eigenvalue weighted by atomic mass is 127. The number of hydrogen-bond acceptors (Lipinski definition) is 5. The van der Waals surface area contributed by atoms with E-state index in [-0.39, 0.29) is 11.6 Å². The minimum Gasteiger partial charge on any atom is -0.493 e. The van der Waals surface area contributed by atoms with E-state index in [1.807, 2.05) is 65.2 Å². The Bertz CT molecular complexity index is 2070. The molecule has 5 aromatic rings. The third-order valence-corrected chi connectivity index (χ3v) is 10.1. The standard InChI is InChI=1S/C35H26BrIN2O3S/c1-41-29-18-22(17-28(37)33(29)42-20-21-7-3-2-4-8-21)19-30-34(40)39-32(24-11-14-25(36)15-12-24)27-16-13-23-9-5-6-10-26(23)31(27)38-35(39)43-30/h2-12,14-15,17-19,32H,13,16,20H2,1H3/b30-19-/t32-/m1/s1. The van der Waals surface area contributed by atoms with Crippen molar-refractivity contribution in [2.24, 2.45) is 4.99 Å². The fourth-order valence-electron chi connectivity index (χ4n) is 5.81. The molecule has 2 aliphatic rings. The van der Waals surface area contributed by atoms with Gasteiger partial charge in [-0.2, -0.15) is 0 Å². The number of hydrogen-bond donors (Lipinski definition) is 0. The molecule has 0 N–H and O–H groups in total. The Morgan fingerprint density at radius 1 is 1.02 bits per heavy atom. The van der Waals surface area contributed by atoms with Gasteiger partial charge in [0.2, 0.25) is 0 Å². The Morgan fingerprint density at radius 3 is 2.58 bits per heavy atom. The Balaban J connectivity index is 1.34. The van der Waals surface area contributed by atoms with Gasteiger partial charge in [-0.05, 0) is 93.6 Å². The minimum absolute atomic E-state index is 0.0412. The van der Waals surface area contributed by atoms with E-state index >= 15 is 0 Å². The van der Waals surface area contributed by atoms with Crippen LogP contribution in [0.25, 0.3) is 11.8 Å². The second-order valence-corrected chi connectivity index (χ2v) is 13.6. The second kappa shape index (κ2) is 11.9. The largest absolute Gasteiger partial charge is 0.493 e. The molecule has 8 heteroatoms. The van der Waals surface area contributed by atoms with Gasteiger partial charge >= 0.3 is 0 Å². The maximum Gasteiger partial charge on any atom is 0.271 e. The van der Waals surface area contributed by atoms with Gasteiger partial charge in [0, 0.05) is 10.0 Å². The van der Waals surface area contributed by atoms with Crippen LogP contribution in [0.5, 0.6) is 11.5 Å². The molecular weight excluding hydrogens is 735 g/mol. The zero-order valence-corrected chi connectivity index (χ0v) is 27.8. The van der Waals surface area contributed by atoms with Gasteiger partial charge in [-0.1, -0.05) is 94.0 Å². The van der Waals surface area contributed by atoms with Gasteiger partial charge in [0.1, 0.15) is 6.61 Å². The van der Waals surface area contributed by atoms with Crippen LogP contribution in [0.15, 0.2) is 111 Å². The maximum atomic E-state index is 14.1. The van der Waals surface area contributed by atoms with Crippen molar-refractivity contribution in [1.29, 1.82) is 0 Å². The van der Waals surface area contributed by atoms with Crippen molar-refractivity contribution >= 4 is 61.6 Å². The van der Waals surface area contributed by atoms with Gasteiger partial charge in [-0.25, -0.2) is 4.99 Å². The average Bonchev–Trinajstić information content (AvgIpc) is 3.34. The van der Waals surface area contributed by atoms with Crippen LogP contribution in [0.1, 0.15) is 40.3 Å². The molecule has 7 rings (SSSR count). The highest BCUT2D eigenvalue weighted by Crippen LogP contribution is 2.41. The number of aryl methyl sites for hydroxylation is 1. The van der Waals surface area contributed by atoms with Gasteiger partial charge in [-0.15, -0.1) is 0 Å². The van der Waals surface area contributed by atoms with Crippen molar-refractivity contribution in [3.63, 3.8) is 0 Å². The van der Waals surface area contributed by atoms with Crippen molar-refractivity contribution in [1.82, 2.24) is 4.57 Å². The average molecular weight is 761 g/mol. The first-order valence-corrected chi connectivity index (χ1v) is 16.6. The minimum atomic E-state index is -0.210. The molecule has 1 atom stereocenters. The molecule has 43 heavy (non-hydrogen) atoms. The number of methoxy groups -OCH3 is 1. The molecule has 1 aliphatic carbocycles. The van der Waals surface area contributed by atoms with E-state index in [2.05, 4.69) is 74.9 Å². The van der Waals surface area contributed by atoms with Crippen LogP contribution in [-0.2, 0) is 13.0 Å². The van der Waals surface area contributed by atoms with E-state index in [1.54, 1.807) is 7.11 Å². The smallest absolute Gasteiger partial charge is 0.271 e. The van der Waals surface area contributed by atoms with Crippen molar-refractivity contribution in [3.8, 4) is 11.5 Å². The van der Waals surface area contributed by atoms with Gasteiger partial charge in [0.05, 0.1) is 27.0 Å². The van der Waals surface area contributed by atoms with Gasteiger partial charge < -0.3 is 9.47 Å². The van der Waals surface area contributed by atoms with Crippen molar-refractivity contribution in [3.05, 3.63) is 152 Å². The number of ether oxygens (including phenoxy) is 2. The molecule has 0 fully saturated rings. The van der Waals surface area contributed by atoms with E-state index in [0.29, 0.717) is 27.4 Å². The predicted molar refractivity (Wildman–Crippen MR) is 183 cm³/mol. The van der Waals surface area contributed by atoms with Crippen LogP contribution >= 0.6 is 49.9 Å². The summed E-state index contributed by atoms with van der Waals surface area (Å²) in [6.45, 7) is 0.439. The number of benzene rings is 4. The van der Waals surface area contributed by atoms with E-state index in [0.717, 1.165) is 48.8 Å². The summed E-state index contributed by atoms with van der Waals surface area (Å²) in [5.41, 5.74) is 7.64. The van der Waals surface area contributed by atoms with Crippen molar-refractivity contribution < 1.29 is 9.47 Å². The SMILES string of the molecule is COc1cc(/C=c2\sc3n(c2=O)[C@H](c2ccc(Br)cc2)C2=C(N=3)c3ccccc3CC2)cc(I)c1OCc1ccccc1. The lowest BCUT2D eigenvalue weighted by Gasteiger charge is -2.30. The maximum absolute atomic E-state index is 14.1. The fraction of sp³-hybridized carbons (Fsp3) is 0.143. The van der Waals surface area contributed by atoms with E-state index < -0.39 is 0 Å². The molecule has 0 bridgehead atoms. The van der Waals surface area contributed by atoms with E-state index in [1.165, 1.54) is 22.5 Å². The van der Waals surface area contributed by atoms with E-state index in [4.69, 9.17) is 14.5 Å². The molecule has 0 saturated carbocycles. The number of halogens is 2. The highest BCUT2D eigenvalue weighted by Gasteiger charge is 2.32. The van der Waals surface area contributed by atoms with Crippen LogP contribution in [0, 0.1) is 3.57 Å². The quantitative estimate of drug-likeness (QED) is 0.171. The Morgan fingerprint density at radius 2 is 1.79 bits per heavy atom. The molecule has 2 heterocycles. The summed E-state index contributed by atoms with van der Waals surface area (Å²) in [6.07, 6.45) is 3.73. The number of fused-ring (bicyclic) bond motifs is 3. The summed E-state index contributed by atoms with van der Waals surface area (Å²) in [5.74, 6) is 1.31. The van der Waals surface area contributed by atoms with Crippen LogP contribution in [0.3, 0.4) is 0 Å². The van der Waals surface area contributed by atoms with Crippen molar-refractivity contribution in [2.75, 3.05) is 7.11 Å². The summed E-state index contributed by atoms with van der Waals surface area (Å²) in [5, 5.41) is 0. The number of allylic oxidation sites excluding steroid dienone is 1. The summed E-state index contributed by atoms with van der Waals surface area (Å²) in [4.78, 5) is 20.0. The van der Waals surface area contributed by atoms with Crippen molar-refractivity contribution in [2.45, 2.75) is 25.5 Å². The topological polar surface area (TPSA) is 52.8 Å². The van der Waals surface area contributed by atoms with E-state index in [9.17, 15) is 4.79 Å². The molecule has 0 radical (unpaired) electrons. The van der Waals surface area contributed by atoms with Crippen LogP contribution in [0.4, 0.5) is 0 Å². The van der Waals surface area contributed by atoms with Crippen LogP contribution in [-0.4, -0.2) is 11.7 Å². The molecular formula is C35H26BrIN2O3S. The van der Waals surface area contributed by atoms with Crippen LogP contribution < -0.4 is 24.4 Å². The molecule has 0 unspecified atom stereocenters. The number of thiazole rings is 1. The summed E-state index contributed by atoms with van der Waals surface area (Å²) in [7, 11) is 1.64. The van der Waals surface area contributed by atoms with Gasteiger partial charge in [0.15, 0.2) is 16.3 Å². The third kappa shape index (κ3) is 5.41. The summed E-state index contributed by atoms with van der Waals surface area (Å²) in [6, 6.07) is 30.5. The molecule has 0 saturated heterocycles. The molecule has 1 aromatic heterocycles. The number of rotatable bonds is 6. The molecule has 0 amide bonds. The Kier molecular flexibility index (Phi) is 7.83. The Labute approximate surface area is 275 Å². The fourth-order valence-corrected chi connectivity index (χ4v) is 7.86. The predicted octanol–water partition coefficient (Wildman–Crippen LogP) is 7.27. The van der Waals surface area contributed by atoms with Gasteiger partial charge in [-0.3, -0.25) is 9.36 Å². The molecule has 1 aliphatic heterocycles. The van der Waals surface area contributed by atoms with Gasteiger partial charge in [0.25, 0.3) is 5.56 Å². The summed E-state index contributed by atoms with van der Waals surface area (Å²) < 4.78 is 16.3. The number of nitrogens with zero attached hydrogens (tertiary/aromatic N) is 2.